The molecule has 7 rings (SSSR count). The molecule has 5 aromatic rings. The van der Waals surface area contributed by atoms with Crippen molar-refractivity contribution < 1.29 is 49.8 Å². The molecule has 15 heteroatoms. The van der Waals surface area contributed by atoms with E-state index in [-0.39, 0.29) is 60.9 Å². The molecule has 2 aliphatic rings. The first kappa shape index (κ1) is 27.6. The summed E-state index contributed by atoms with van der Waals surface area (Å²) in [5.74, 6) is -3.31. The van der Waals surface area contributed by atoms with Gasteiger partial charge in [-0.15, -0.1) is 0 Å². The number of carbonyl (C=O) groups excluding carboxylic acids is 3. The van der Waals surface area contributed by atoms with Crippen molar-refractivity contribution in [2.45, 2.75) is 37.1 Å². The number of hydrogen-bond donors (Lipinski definition) is 8. The van der Waals surface area contributed by atoms with Crippen LogP contribution in [0.1, 0.15) is 33.4 Å². The monoisotopic (exact) mass is 601 g/mol. The first-order valence-corrected chi connectivity index (χ1v) is 13.4. The number of H-pyrrole nitrogens is 1. The third-order valence-electron chi connectivity index (χ3n) is 8.23. The van der Waals surface area contributed by atoms with E-state index in [1.807, 2.05) is 0 Å². The predicted octanol–water partition coefficient (Wildman–Crippen LogP) is 0.353. The maximum Gasteiger partial charge on any atom is 0.281 e. The molecule has 8 N–H and O–H groups in total. The van der Waals surface area contributed by atoms with E-state index < -0.39 is 61.4 Å². The highest BCUT2D eigenvalue weighted by Crippen LogP contribution is 2.49. The number of aliphatic hydroxyl groups excluding tert-OH is 4. The van der Waals surface area contributed by atoms with Crippen molar-refractivity contribution in [2.24, 2.45) is 0 Å². The lowest BCUT2D eigenvalue weighted by Crippen LogP contribution is -2.56. The maximum absolute atomic E-state index is 14.0. The number of hydrazine groups is 1. The molecule has 2 aromatic heterocycles. The number of aromatic nitrogens is 2. The molecule has 0 radical (unpaired) electrons. The number of phenols is 2. The van der Waals surface area contributed by atoms with Crippen LogP contribution in [0.2, 0.25) is 0 Å². The summed E-state index contributed by atoms with van der Waals surface area (Å²) in [6.07, 6.45) is -8.82. The smallest absolute Gasteiger partial charge is 0.281 e. The molecule has 15 nitrogen and oxygen atoms in total. The van der Waals surface area contributed by atoms with Crippen LogP contribution in [0.15, 0.2) is 36.4 Å². The van der Waals surface area contributed by atoms with Crippen molar-refractivity contribution in [3.05, 3.63) is 47.5 Å². The van der Waals surface area contributed by atoms with E-state index in [9.17, 15) is 45.0 Å². The van der Waals surface area contributed by atoms with Gasteiger partial charge in [-0.05, 0) is 12.1 Å². The number of ether oxygens (including phenoxy) is 1. The van der Waals surface area contributed by atoms with Crippen molar-refractivity contribution in [3.8, 4) is 17.6 Å². The molecule has 0 bridgehead atoms. The van der Waals surface area contributed by atoms with Gasteiger partial charge in [0.15, 0.2) is 6.23 Å². The van der Waals surface area contributed by atoms with Crippen molar-refractivity contribution >= 4 is 61.3 Å². The van der Waals surface area contributed by atoms with Crippen LogP contribution in [0.5, 0.6) is 11.5 Å². The van der Waals surface area contributed by atoms with Gasteiger partial charge in [0, 0.05) is 21.5 Å². The average Bonchev–Trinajstić information content (AvgIpc) is 3.63. The number of fused-ring (bicyclic) bond motifs is 10. The molecule has 4 heterocycles. The zero-order chi connectivity index (χ0) is 31.2. The minimum atomic E-state index is -1.81. The second-order valence-electron chi connectivity index (χ2n) is 10.6. The number of nitrogens with one attached hydrogen (secondary N) is 2. The lowest BCUT2D eigenvalue weighted by Gasteiger charge is -2.41. The average molecular weight is 602 g/mol. The third kappa shape index (κ3) is 3.51. The number of imide groups is 1. The van der Waals surface area contributed by atoms with Crippen molar-refractivity contribution in [2.75, 3.05) is 6.61 Å². The van der Waals surface area contributed by atoms with E-state index in [0.29, 0.717) is 10.4 Å². The van der Waals surface area contributed by atoms with Crippen LogP contribution in [0.25, 0.3) is 43.6 Å². The van der Waals surface area contributed by atoms with E-state index in [0.717, 1.165) is 0 Å². The number of aromatic amines is 1. The molecule has 1 saturated heterocycles. The summed E-state index contributed by atoms with van der Waals surface area (Å²) in [5.41, 5.74) is 2.30. The topological polar surface area (TPSA) is 242 Å². The largest absolute Gasteiger partial charge is 0.506 e. The summed E-state index contributed by atoms with van der Waals surface area (Å²) >= 11 is 0. The van der Waals surface area contributed by atoms with E-state index in [4.69, 9.17) is 10.00 Å². The van der Waals surface area contributed by atoms with Gasteiger partial charge in [-0.3, -0.25) is 19.8 Å². The van der Waals surface area contributed by atoms with Gasteiger partial charge < -0.3 is 44.9 Å². The summed E-state index contributed by atoms with van der Waals surface area (Å²) in [6, 6.07) is 10.5. The number of benzene rings is 3. The normalized spacial score (nSPS) is 23.6. The number of carbonyl (C=O) groups is 3. The van der Waals surface area contributed by atoms with Crippen molar-refractivity contribution in [1.29, 1.82) is 5.26 Å². The summed E-state index contributed by atoms with van der Waals surface area (Å²) in [7, 11) is 0. The van der Waals surface area contributed by atoms with E-state index >= 15 is 0 Å². The number of nitrogens with zero attached hydrogens (tertiary/aromatic N) is 3. The Labute approximate surface area is 245 Å². The molecular formula is C29H23N5O10. The summed E-state index contributed by atoms with van der Waals surface area (Å²) in [6.45, 7) is -0.736. The van der Waals surface area contributed by atoms with E-state index in [1.54, 1.807) is 18.2 Å². The predicted molar refractivity (Wildman–Crippen MR) is 150 cm³/mol. The van der Waals surface area contributed by atoms with Crippen molar-refractivity contribution in [1.82, 2.24) is 20.0 Å². The molecule has 224 valence electrons. The van der Waals surface area contributed by atoms with Crippen molar-refractivity contribution in [3.63, 3.8) is 0 Å². The van der Waals surface area contributed by atoms with Crippen LogP contribution in [-0.4, -0.2) is 93.9 Å². The van der Waals surface area contributed by atoms with Gasteiger partial charge >= 0.3 is 0 Å². The Morgan fingerprint density at radius 2 is 1.57 bits per heavy atom. The molecule has 3 amide bonds. The Balaban J connectivity index is 1.67. The minimum Gasteiger partial charge on any atom is -0.506 e. The number of aromatic hydroxyl groups is 2. The zero-order valence-electron chi connectivity index (χ0n) is 22.4. The summed E-state index contributed by atoms with van der Waals surface area (Å²) < 4.78 is 7.19. The standard InChI is InChI=1S/C29H23N5O10/c30-8-7-15(38)32-34-27(42)18-16-10-3-1-5-12(36)20(10)31-21(16)23-17(19(18)28(34)43)11-4-2-6-13(37)22(11)33(23)29-26(41)25(40)24(39)14(9-35)44-29/h1-6,14,24-26,29,31,35-37,39-41H,7,9H2,(H,32,38)/t14-,24-,25+,26-,29-/m1/s1. The molecule has 44 heavy (non-hydrogen) atoms. The molecule has 0 unspecified atom stereocenters. The summed E-state index contributed by atoms with van der Waals surface area (Å²) in [4.78, 5) is 43.3. The molecule has 0 aliphatic carbocycles. The molecule has 1 fully saturated rings. The van der Waals surface area contributed by atoms with Gasteiger partial charge in [0.25, 0.3) is 17.7 Å². The number of amides is 3. The van der Waals surface area contributed by atoms with Crippen LogP contribution in [0.4, 0.5) is 0 Å². The second kappa shape index (κ2) is 9.64. The Morgan fingerprint density at radius 3 is 2.25 bits per heavy atom. The van der Waals surface area contributed by atoms with Gasteiger partial charge in [0.1, 0.15) is 42.3 Å². The van der Waals surface area contributed by atoms with E-state index in [2.05, 4.69) is 10.4 Å². The Morgan fingerprint density at radius 1 is 0.909 bits per heavy atom. The third-order valence-corrected chi connectivity index (χ3v) is 8.23. The minimum absolute atomic E-state index is 0.0108. The number of hydrogen-bond acceptors (Lipinski definition) is 11. The van der Waals surface area contributed by atoms with Crippen LogP contribution < -0.4 is 5.43 Å². The fourth-order valence-corrected chi connectivity index (χ4v) is 6.36. The first-order chi connectivity index (χ1) is 21.1. The number of rotatable bonds is 4. The van der Waals surface area contributed by atoms with Crippen LogP contribution in [-0.2, 0) is 9.53 Å². The van der Waals surface area contributed by atoms with Crippen LogP contribution in [0.3, 0.4) is 0 Å². The van der Waals surface area contributed by atoms with Gasteiger partial charge in [-0.25, -0.2) is 0 Å². The Bertz CT molecular complexity index is 2130. The Hall–Kier alpha value is -5.24. The molecule has 2 aliphatic heterocycles. The van der Waals surface area contributed by atoms with Gasteiger partial charge in [-0.1, -0.05) is 24.3 Å². The SMILES string of the molecule is N#CCC(=O)NN1C(=O)c2c(c3c4cccc(O)c4n([C@@H]4O[C@H](CO)[C@@H](O)[C@H](O)[C@H]4O)c3c3[nH]c4c(O)cccc4c23)C1=O. The second-order valence-corrected chi connectivity index (χ2v) is 10.6. The molecule has 0 saturated carbocycles. The molecule has 5 atom stereocenters. The zero-order valence-corrected chi connectivity index (χ0v) is 22.4. The fraction of sp³-hybridized carbons (Fsp3) is 0.241. The summed E-state index contributed by atoms with van der Waals surface area (Å²) in [5, 5.41) is 74.2. The fourth-order valence-electron chi connectivity index (χ4n) is 6.36. The molecule has 3 aromatic carbocycles. The molecular weight excluding hydrogens is 578 g/mol. The van der Waals surface area contributed by atoms with Gasteiger partial charge in [-0.2, -0.15) is 10.3 Å². The van der Waals surface area contributed by atoms with Gasteiger partial charge in [0.2, 0.25) is 0 Å². The highest BCUT2D eigenvalue weighted by atomic mass is 16.6. The quantitative estimate of drug-likeness (QED) is 0.131. The van der Waals surface area contributed by atoms with E-state index in [1.165, 1.54) is 28.8 Å². The highest BCUT2D eigenvalue weighted by molar-refractivity contribution is 6.39. The number of phenolic OH excluding ortho intramolecular Hbond substituents is 2. The number of nitriles is 1. The Kier molecular flexibility index (Phi) is 6.04. The number of para-hydroxylation sites is 2. The first-order valence-electron chi connectivity index (χ1n) is 13.4. The van der Waals surface area contributed by atoms with Crippen LogP contribution in [0, 0.1) is 11.3 Å². The lowest BCUT2D eigenvalue weighted by molar-refractivity contribution is -0.249. The number of aliphatic hydroxyl groups is 4. The molecule has 0 spiro atoms. The maximum atomic E-state index is 14.0. The van der Waals surface area contributed by atoms with Crippen LogP contribution >= 0.6 is 0 Å². The van der Waals surface area contributed by atoms with Gasteiger partial charge in [0.05, 0.1) is 45.9 Å². The lowest BCUT2D eigenvalue weighted by atomic mass is 9.96. The highest BCUT2D eigenvalue weighted by Gasteiger charge is 2.47.